The van der Waals surface area contributed by atoms with E-state index in [0.29, 0.717) is 29.4 Å². The Labute approximate surface area is 184 Å². The number of rotatable bonds is 5. The van der Waals surface area contributed by atoms with Crippen LogP contribution in [0.3, 0.4) is 0 Å². The van der Waals surface area contributed by atoms with Gasteiger partial charge in [0, 0.05) is 18.1 Å². The minimum absolute atomic E-state index is 0.180. The first kappa shape index (κ1) is 21.0. The highest BCUT2D eigenvalue weighted by molar-refractivity contribution is 6.07. The molecule has 0 spiro atoms. The summed E-state index contributed by atoms with van der Waals surface area (Å²) in [5, 5.41) is 21.6. The average molecular weight is 428 g/mol. The number of carbonyl (C=O) groups is 3. The van der Waals surface area contributed by atoms with E-state index < -0.39 is 17.9 Å². The van der Waals surface area contributed by atoms with Crippen LogP contribution in [0, 0.1) is 11.3 Å². The highest BCUT2D eigenvalue weighted by Crippen LogP contribution is 2.26. The number of carboxylic acids is 1. The second-order valence-corrected chi connectivity index (χ2v) is 7.53. The largest absolute Gasteiger partial charge is 0.478 e. The zero-order valence-electron chi connectivity index (χ0n) is 17.1. The van der Waals surface area contributed by atoms with Crippen molar-refractivity contribution in [2.24, 2.45) is 0 Å². The van der Waals surface area contributed by atoms with Crippen LogP contribution in [-0.4, -0.2) is 51.9 Å². The summed E-state index contributed by atoms with van der Waals surface area (Å²) in [6.45, 7) is 0.345. The number of hydrogen-bond acceptors (Lipinski definition) is 5. The molecule has 1 aromatic heterocycles. The van der Waals surface area contributed by atoms with Gasteiger partial charge in [0.1, 0.15) is 6.04 Å². The van der Waals surface area contributed by atoms with Gasteiger partial charge in [-0.2, -0.15) is 5.26 Å². The molecule has 8 nitrogen and oxygen atoms in total. The van der Waals surface area contributed by atoms with Crippen LogP contribution in [0.1, 0.15) is 33.6 Å². The lowest BCUT2D eigenvalue weighted by Gasteiger charge is -2.19. The smallest absolute Gasteiger partial charge is 0.335 e. The Morgan fingerprint density at radius 2 is 1.97 bits per heavy atom. The second kappa shape index (κ2) is 8.86. The molecule has 0 saturated carbocycles. The number of aromatic carboxylic acids is 1. The number of amides is 2. The lowest BCUT2D eigenvalue weighted by atomic mass is 10.00. The SMILES string of the molecule is N#C[C@@H]1CCCN1C(=O)CNC(=O)c1ccnc2cc(-c3cccc(C(=O)O)c3)ccc12. The van der Waals surface area contributed by atoms with Crippen molar-refractivity contribution in [3.05, 3.63) is 65.9 Å². The van der Waals surface area contributed by atoms with Gasteiger partial charge in [0.15, 0.2) is 0 Å². The Balaban J connectivity index is 1.54. The molecule has 1 fully saturated rings. The minimum atomic E-state index is -1.01. The van der Waals surface area contributed by atoms with Crippen molar-refractivity contribution in [1.82, 2.24) is 15.2 Å². The summed E-state index contributed by atoms with van der Waals surface area (Å²) in [7, 11) is 0. The molecule has 1 atom stereocenters. The third-order valence-electron chi connectivity index (χ3n) is 5.55. The first-order valence-electron chi connectivity index (χ1n) is 10.2. The molecule has 2 N–H and O–H groups in total. The number of carboxylic acid groups (broad SMARTS) is 1. The molecule has 3 aromatic rings. The van der Waals surface area contributed by atoms with Gasteiger partial charge in [0.05, 0.1) is 29.3 Å². The number of benzene rings is 2. The number of aromatic nitrogens is 1. The number of likely N-dealkylation sites (tertiary alicyclic amines) is 1. The first-order valence-corrected chi connectivity index (χ1v) is 10.2. The molecular formula is C24H20N4O4. The van der Waals surface area contributed by atoms with Crippen LogP contribution < -0.4 is 5.32 Å². The molecule has 2 heterocycles. The van der Waals surface area contributed by atoms with Crippen LogP contribution >= 0.6 is 0 Å². The van der Waals surface area contributed by atoms with E-state index >= 15 is 0 Å². The minimum Gasteiger partial charge on any atom is -0.478 e. The maximum atomic E-state index is 12.8. The lowest BCUT2D eigenvalue weighted by Crippen LogP contribution is -2.42. The van der Waals surface area contributed by atoms with E-state index in [1.165, 1.54) is 17.2 Å². The number of pyridine rings is 1. The van der Waals surface area contributed by atoms with E-state index in [1.54, 1.807) is 36.4 Å². The van der Waals surface area contributed by atoms with E-state index in [4.69, 9.17) is 5.26 Å². The fraction of sp³-hybridized carbons (Fsp3) is 0.208. The monoisotopic (exact) mass is 428 g/mol. The molecule has 1 saturated heterocycles. The van der Waals surface area contributed by atoms with Gasteiger partial charge in [0.2, 0.25) is 5.91 Å². The Bertz CT molecular complexity index is 1260. The Kier molecular flexibility index (Phi) is 5.81. The number of fused-ring (bicyclic) bond motifs is 1. The van der Waals surface area contributed by atoms with Crippen molar-refractivity contribution < 1.29 is 19.5 Å². The molecule has 1 aliphatic heterocycles. The molecule has 1 aliphatic rings. The summed E-state index contributed by atoms with van der Waals surface area (Å²) in [5.41, 5.74) is 2.65. The van der Waals surface area contributed by atoms with Gasteiger partial charge in [-0.25, -0.2) is 4.79 Å². The van der Waals surface area contributed by atoms with E-state index in [1.807, 2.05) is 6.07 Å². The third-order valence-corrected chi connectivity index (χ3v) is 5.55. The highest BCUT2D eigenvalue weighted by atomic mass is 16.4. The van der Waals surface area contributed by atoms with Crippen LogP contribution in [0.5, 0.6) is 0 Å². The predicted octanol–water partition coefficient (Wildman–Crippen LogP) is 2.84. The fourth-order valence-corrected chi connectivity index (χ4v) is 3.91. The van der Waals surface area contributed by atoms with E-state index in [0.717, 1.165) is 17.5 Å². The lowest BCUT2D eigenvalue weighted by molar-refractivity contribution is -0.130. The van der Waals surface area contributed by atoms with Crippen molar-refractivity contribution >= 4 is 28.7 Å². The first-order chi connectivity index (χ1) is 15.5. The summed E-state index contributed by atoms with van der Waals surface area (Å²) in [6.07, 6.45) is 2.95. The van der Waals surface area contributed by atoms with Crippen molar-refractivity contribution in [2.45, 2.75) is 18.9 Å². The summed E-state index contributed by atoms with van der Waals surface area (Å²) in [4.78, 5) is 42.2. The summed E-state index contributed by atoms with van der Waals surface area (Å²) >= 11 is 0. The summed E-state index contributed by atoms with van der Waals surface area (Å²) in [5.74, 6) is -1.69. The molecular weight excluding hydrogens is 408 g/mol. The number of hydrogen-bond donors (Lipinski definition) is 2. The van der Waals surface area contributed by atoms with Gasteiger partial charge in [0.25, 0.3) is 5.91 Å². The maximum Gasteiger partial charge on any atom is 0.335 e. The van der Waals surface area contributed by atoms with Gasteiger partial charge >= 0.3 is 5.97 Å². The van der Waals surface area contributed by atoms with Crippen molar-refractivity contribution in [1.29, 1.82) is 5.26 Å². The van der Waals surface area contributed by atoms with Crippen molar-refractivity contribution in [3.63, 3.8) is 0 Å². The average Bonchev–Trinajstić information content (AvgIpc) is 3.30. The van der Waals surface area contributed by atoms with Crippen LogP contribution in [0.2, 0.25) is 0 Å². The van der Waals surface area contributed by atoms with Gasteiger partial charge in [-0.1, -0.05) is 24.3 Å². The van der Waals surface area contributed by atoms with Crippen molar-refractivity contribution in [2.75, 3.05) is 13.1 Å². The van der Waals surface area contributed by atoms with Crippen LogP contribution in [0.4, 0.5) is 0 Å². The van der Waals surface area contributed by atoms with Crippen LogP contribution in [0.25, 0.3) is 22.0 Å². The quantitative estimate of drug-likeness (QED) is 0.644. The molecule has 0 radical (unpaired) electrons. The third kappa shape index (κ3) is 4.14. The molecule has 0 bridgehead atoms. The molecule has 4 rings (SSSR count). The topological polar surface area (TPSA) is 123 Å². The second-order valence-electron chi connectivity index (χ2n) is 7.53. The highest BCUT2D eigenvalue weighted by Gasteiger charge is 2.28. The molecule has 8 heteroatoms. The van der Waals surface area contributed by atoms with Crippen LogP contribution in [0.15, 0.2) is 54.7 Å². The Hall–Kier alpha value is -4.25. The zero-order chi connectivity index (χ0) is 22.7. The van der Waals surface area contributed by atoms with E-state index in [-0.39, 0.29) is 18.0 Å². The molecule has 2 aromatic carbocycles. The summed E-state index contributed by atoms with van der Waals surface area (Å²) in [6, 6.07) is 15.2. The molecule has 2 amide bonds. The van der Waals surface area contributed by atoms with Crippen molar-refractivity contribution in [3.8, 4) is 17.2 Å². The molecule has 160 valence electrons. The Morgan fingerprint density at radius 1 is 1.16 bits per heavy atom. The van der Waals surface area contributed by atoms with Gasteiger partial charge in [-0.15, -0.1) is 0 Å². The summed E-state index contributed by atoms with van der Waals surface area (Å²) < 4.78 is 0. The Morgan fingerprint density at radius 3 is 2.75 bits per heavy atom. The zero-order valence-corrected chi connectivity index (χ0v) is 17.1. The standard InChI is InChI=1S/C24H20N4O4/c25-13-18-5-2-10-28(18)22(29)14-27-23(30)20-8-9-26-21-12-16(6-7-19(20)21)15-3-1-4-17(11-15)24(31)32/h1,3-4,6-9,11-12,18H,2,5,10,14H2,(H,27,30)(H,31,32)/t18-/m0/s1. The predicted molar refractivity (Wildman–Crippen MR) is 117 cm³/mol. The molecule has 32 heavy (non-hydrogen) atoms. The van der Waals surface area contributed by atoms with Gasteiger partial charge < -0.3 is 15.3 Å². The van der Waals surface area contributed by atoms with Gasteiger partial charge in [-0.3, -0.25) is 14.6 Å². The van der Waals surface area contributed by atoms with Crippen LogP contribution in [-0.2, 0) is 4.79 Å². The normalized spacial score (nSPS) is 15.3. The number of carbonyl (C=O) groups excluding carboxylic acids is 2. The molecule has 0 unspecified atom stereocenters. The number of nitrogens with one attached hydrogen (secondary N) is 1. The van der Waals surface area contributed by atoms with E-state index in [2.05, 4.69) is 16.4 Å². The van der Waals surface area contributed by atoms with Gasteiger partial charge in [-0.05, 0) is 48.2 Å². The number of nitrogens with zero attached hydrogens (tertiary/aromatic N) is 3. The maximum absolute atomic E-state index is 12.8. The number of nitriles is 1. The molecule has 0 aliphatic carbocycles. The van der Waals surface area contributed by atoms with E-state index in [9.17, 15) is 19.5 Å². The fourth-order valence-electron chi connectivity index (χ4n) is 3.91.